The van der Waals surface area contributed by atoms with Gasteiger partial charge in [-0.2, -0.15) is 0 Å². The van der Waals surface area contributed by atoms with E-state index in [1.165, 1.54) is 17.9 Å². The fourth-order valence-electron chi connectivity index (χ4n) is 3.01. The van der Waals surface area contributed by atoms with E-state index in [0.717, 1.165) is 10.1 Å². The number of aliphatic hydroxyl groups excluding tert-OH is 1. The predicted molar refractivity (Wildman–Crippen MR) is 101 cm³/mol. The van der Waals surface area contributed by atoms with Gasteiger partial charge in [-0.1, -0.05) is 6.07 Å². The largest absolute Gasteiger partial charge is 0.508 e. The second kappa shape index (κ2) is 7.37. The Morgan fingerprint density at radius 2 is 1.96 bits per heavy atom. The number of aromatic hydroxyl groups is 1. The van der Waals surface area contributed by atoms with Crippen molar-refractivity contribution in [2.24, 2.45) is 14.1 Å². The Labute approximate surface area is 155 Å². The number of aromatic nitrogens is 4. The number of nitrogens with zero attached hydrogens (tertiary/aromatic N) is 4. The maximum absolute atomic E-state index is 12.4. The molecule has 0 aliphatic heterocycles. The summed E-state index contributed by atoms with van der Waals surface area (Å²) in [5, 5.41) is 23.0. The minimum absolute atomic E-state index is 0.196. The van der Waals surface area contributed by atoms with Crippen LogP contribution in [0.25, 0.3) is 11.2 Å². The Bertz CT molecular complexity index is 1100. The number of phenols is 1. The van der Waals surface area contributed by atoms with Crippen LogP contribution in [0.5, 0.6) is 5.75 Å². The van der Waals surface area contributed by atoms with Gasteiger partial charge in [-0.3, -0.25) is 13.9 Å². The van der Waals surface area contributed by atoms with Crippen LogP contribution in [0.3, 0.4) is 0 Å². The van der Waals surface area contributed by atoms with E-state index in [1.54, 1.807) is 36.7 Å². The molecule has 0 aliphatic rings. The topological polar surface area (TPSA) is 114 Å². The summed E-state index contributed by atoms with van der Waals surface area (Å²) in [5.41, 5.74) is 1.35. The highest BCUT2D eigenvalue weighted by Gasteiger charge is 2.14. The summed E-state index contributed by atoms with van der Waals surface area (Å²) >= 11 is 0. The number of fused-ring (bicyclic) bond motifs is 1. The third-order valence-electron chi connectivity index (χ3n) is 4.69. The Balaban J connectivity index is 1.67. The zero-order chi connectivity index (χ0) is 19.7. The van der Waals surface area contributed by atoms with Gasteiger partial charge in [-0.15, -0.1) is 0 Å². The molecule has 0 amide bonds. The molecule has 0 aliphatic carbocycles. The first-order valence-corrected chi connectivity index (χ1v) is 8.60. The van der Waals surface area contributed by atoms with Crippen LogP contribution in [-0.4, -0.2) is 42.0 Å². The molecule has 3 aromatic rings. The zero-order valence-electron chi connectivity index (χ0n) is 15.5. The van der Waals surface area contributed by atoms with E-state index < -0.39 is 11.8 Å². The molecule has 0 bridgehead atoms. The standard InChI is InChI=1S/C18H23N5O4/c1-11-8-12(4-5-13(11)24)14(25)9-19-6-7-23-10-20-16-15(23)17(26)22(3)18(27)21(16)2/h4-5,8,10,14,19,24-25H,6-7,9H2,1-3H3/t14-/m1/s1. The van der Waals surface area contributed by atoms with Gasteiger partial charge in [0.25, 0.3) is 5.56 Å². The molecule has 9 nitrogen and oxygen atoms in total. The lowest BCUT2D eigenvalue weighted by atomic mass is 10.1. The number of benzene rings is 1. The van der Waals surface area contributed by atoms with Gasteiger partial charge in [0, 0.05) is 33.7 Å². The van der Waals surface area contributed by atoms with Crippen LogP contribution in [-0.2, 0) is 20.6 Å². The van der Waals surface area contributed by atoms with Crippen molar-refractivity contribution in [2.45, 2.75) is 19.6 Å². The van der Waals surface area contributed by atoms with Crippen molar-refractivity contribution in [3.63, 3.8) is 0 Å². The molecule has 2 aromatic heterocycles. The summed E-state index contributed by atoms with van der Waals surface area (Å²) in [6, 6.07) is 4.99. The summed E-state index contributed by atoms with van der Waals surface area (Å²) in [5.74, 6) is 0.196. The van der Waals surface area contributed by atoms with Crippen LogP contribution in [0, 0.1) is 6.92 Å². The predicted octanol–water partition coefficient (Wildman–Crippen LogP) is -0.229. The first-order valence-electron chi connectivity index (χ1n) is 8.60. The van der Waals surface area contributed by atoms with Crippen molar-refractivity contribution < 1.29 is 10.2 Å². The van der Waals surface area contributed by atoms with Gasteiger partial charge < -0.3 is 20.1 Å². The highest BCUT2D eigenvalue weighted by Crippen LogP contribution is 2.21. The molecule has 0 saturated carbocycles. The Hall–Kier alpha value is -2.91. The Morgan fingerprint density at radius 1 is 1.22 bits per heavy atom. The van der Waals surface area contributed by atoms with Crippen LogP contribution < -0.4 is 16.6 Å². The number of hydrogen-bond donors (Lipinski definition) is 3. The van der Waals surface area contributed by atoms with E-state index in [4.69, 9.17) is 0 Å². The smallest absolute Gasteiger partial charge is 0.332 e. The van der Waals surface area contributed by atoms with Crippen LogP contribution in [0.4, 0.5) is 0 Å². The summed E-state index contributed by atoms with van der Waals surface area (Å²) in [4.78, 5) is 28.5. The molecule has 0 radical (unpaired) electrons. The number of hydrogen-bond acceptors (Lipinski definition) is 6. The molecule has 0 unspecified atom stereocenters. The maximum Gasteiger partial charge on any atom is 0.332 e. The number of rotatable bonds is 6. The van der Waals surface area contributed by atoms with Crippen molar-refractivity contribution in [1.29, 1.82) is 0 Å². The molecule has 144 valence electrons. The van der Waals surface area contributed by atoms with Crippen molar-refractivity contribution in [2.75, 3.05) is 13.1 Å². The van der Waals surface area contributed by atoms with Crippen molar-refractivity contribution in [3.8, 4) is 5.75 Å². The normalized spacial score (nSPS) is 12.6. The highest BCUT2D eigenvalue weighted by molar-refractivity contribution is 5.69. The Kier molecular flexibility index (Phi) is 5.15. The summed E-state index contributed by atoms with van der Waals surface area (Å²) in [7, 11) is 3.02. The lowest BCUT2D eigenvalue weighted by molar-refractivity contribution is 0.174. The lowest BCUT2D eigenvalue weighted by Crippen LogP contribution is -2.37. The van der Waals surface area contributed by atoms with E-state index >= 15 is 0 Å². The van der Waals surface area contributed by atoms with Gasteiger partial charge in [0.05, 0.1) is 12.4 Å². The van der Waals surface area contributed by atoms with Gasteiger partial charge in [0.15, 0.2) is 11.2 Å². The van der Waals surface area contributed by atoms with Gasteiger partial charge in [-0.25, -0.2) is 9.78 Å². The molecule has 0 saturated heterocycles. The first-order chi connectivity index (χ1) is 12.8. The zero-order valence-corrected chi connectivity index (χ0v) is 15.5. The monoisotopic (exact) mass is 373 g/mol. The van der Waals surface area contributed by atoms with E-state index in [1.807, 2.05) is 0 Å². The average molecular weight is 373 g/mol. The minimum Gasteiger partial charge on any atom is -0.508 e. The second-order valence-corrected chi connectivity index (χ2v) is 6.58. The van der Waals surface area contributed by atoms with Gasteiger partial charge >= 0.3 is 5.69 Å². The molecule has 2 heterocycles. The number of imidazole rings is 1. The average Bonchev–Trinajstić information content (AvgIpc) is 3.08. The number of phenolic OH excluding ortho intramolecular Hbond substituents is 1. The van der Waals surface area contributed by atoms with Crippen LogP contribution >= 0.6 is 0 Å². The van der Waals surface area contributed by atoms with E-state index in [-0.39, 0.29) is 11.3 Å². The number of aryl methyl sites for hydroxylation is 2. The summed E-state index contributed by atoms with van der Waals surface area (Å²) < 4.78 is 4.10. The first kappa shape index (κ1) is 18.9. The fourth-order valence-corrected chi connectivity index (χ4v) is 3.01. The molecule has 3 N–H and O–H groups in total. The SMILES string of the molecule is Cc1cc([C@H](O)CNCCn2cnc3c2c(=O)n(C)c(=O)n3C)ccc1O. The Morgan fingerprint density at radius 3 is 2.67 bits per heavy atom. The fraction of sp³-hybridized carbons (Fsp3) is 0.389. The summed E-state index contributed by atoms with van der Waals surface area (Å²) in [6.45, 7) is 3.07. The third kappa shape index (κ3) is 3.51. The van der Waals surface area contributed by atoms with E-state index in [0.29, 0.717) is 36.4 Å². The molecular weight excluding hydrogens is 350 g/mol. The quantitative estimate of drug-likeness (QED) is 0.515. The van der Waals surface area contributed by atoms with E-state index in [9.17, 15) is 19.8 Å². The molecule has 9 heteroatoms. The van der Waals surface area contributed by atoms with Gasteiger partial charge in [-0.05, 0) is 30.2 Å². The van der Waals surface area contributed by atoms with Gasteiger partial charge in [0.1, 0.15) is 5.75 Å². The van der Waals surface area contributed by atoms with Gasteiger partial charge in [0.2, 0.25) is 0 Å². The summed E-state index contributed by atoms with van der Waals surface area (Å²) in [6.07, 6.45) is 0.824. The second-order valence-electron chi connectivity index (χ2n) is 6.58. The molecule has 3 rings (SSSR count). The van der Waals surface area contributed by atoms with E-state index in [2.05, 4.69) is 10.3 Å². The van der Waals surface area contributed by atoms with Crippen LogP contribution in [0.1, 0.15) is 17.2 Å². The lowest BCUT2D eigenvalue weighted by Gasteiger charge is -2.14. The number of aliphatic hydroxyl groups is 1. The molecule has 27 heavy (non-hydrogen) atoms. The minimum atomic E-state index is -0.711. The maximum atomic E-state index is 12.4. The van der Waals surface area contributed by atoms with Crippen LogP contribution in [0.2, 0.25) is 0 Å². The molecule has 0 fully saturated rings. The highest BCUT2D eigenvalue weighted by atomic mass is 16.3. The molecule has 0 spiro atoms. The van der Waals surface area contributed by atoms with Crippen molar-refractivity contribution in [1.82, 2.24) is 24.0 Å². The molecule has 1 atom stereocenters. The molecular formula is C18H23N5O4. The number of nitrogens with one attached hydrogen (secondary N) is 1. The van der Waals surface area contributed by atoms with Crippen molar-refractivity contribution >= 4 is 11.2 Å². The van der Waals surface area contributed by atoms with Crippen LogP contribution in [0.15, 0.2) is 34.1 Å². The van der Waals surface area contributed by atoms with Crippen molar-refractivity contribution in [3.05, 3.63) is 56.5 Å². The molecule has 1 aromatic carbocycles. The third-order valence-corrected chi connectivity index (χ3v) is 4.69.